The zero-order chi connectivity index (χ0) is 13.8. The first-order chi connectivity index (χ1) is 9.10. The van der Waals surface area contributed by atoms with Crippen LogP contribution in [0, 0.1) is 0 Å². The van der Waals surface area contributed by atoms with Crippen LogP contribution in [-0.2, 0) is 4.74 Å². The normalized spacial score (nSPS) is 18.2. The number of methoxy groups -OCH3 is 1. The summed E-state index contributed by atoms with van der Waals surface area (Å²) >= 11 is 0. The van der Waals surface area contributed by atoms with Crippen molar-refractivity contribution in [3.8, 4) is 0 Å². The second-order valence-electron chi connectivity index (χ2n) is 4.67. The van der Waals surface area contributed by atoms with Crippen LogP contribution in [0.25, 0.3) is 0 Å². The number of benzene rings is 1. The van der Waals surface area contributed by atoms with Gasteiger partial charge in [0.25, 0.3) is 0 Å². The SMILES string of the molecule is COC(=O)NC1CCN(c2ccc(C(C)=O)cc2)C1. The molecule has 1 atom stereocenters. The maximum Gasteiger partial charge on any atom is 0.407 e. The first-order valence-electron chi connectivity index (χ1n) is 6.30. The summed E-state index contributed by atoms with van der Waals surface area (Å²) < 4.78 is 4.59. The van der Waals surface area contributed by atoms with Gasteiger partial charge in [0, 0.05) is 24.3 Å². The molecule has 1 unspecified atom stereocenters. The van der Waals surface area contributed by atoms with Crippen molar-refractivity contribution < 1.29 is 14.3 Å². The molecular formula is C14H18N2O3. The second kappa shape index (κ2) is 5.73. The van der Waals surface area contributed by atoms with Crippen molar-refractivity contribution in [2.45, 2.75) is 19.4 Å². The molecule has 5 heteroatoms. The van der Waals surface area contributed by atoms with E-state index in [0.29, 0.717) is 5.56 Å². The van der Waals surface area contributed by atoms with E-state index >= 15 is 0 Å². The summed E-state index contributed by atoms with van der Waals surface area (Å²) in [6.45, 7) is 3.20. The van der Waals surface area contributed by atoms with Crippen molar-refractivity contribution in [2.75, 3.05) is 25.1 Å². The monoisotopic (exact) mass is 262 g/mol. The lowest BCUT2D eigenvalue weighted by atomic mass is 10.1. The lowest BCUT2D eigenvalue weighted by Gasteiger charge is -2.19. The van der Waals surface area contributed by atoms with Crippen LogP contribution in [0.5, 0.6) is 0 Å². The zero-order valence-electron chi connectivity index (χ0n) is 11.2. The van der Waals surface area contributed by atoms with Gasteiger partial charge in [-0.05, 0) is 37.6 Å². The molecule has 1 aromatic carbocycles. The average molecular weight is 262 g/mol. The Balaban J connectivity index is 1.96. The third-order valence-corrected chi connectivity index (χ3v) is 3.33. The number of Topliss-reactive ketones (excluding diaryl/α,β-unsaturated/α-hetero) is 1. The number of rotatable bonds is 3. The van der Waals surface area contributed by atoms with Crippen molar-refractivity contribution in [3.05, 3.63) is 29.8 Å². The van der Waals surface area contributed by atoms with E-state index in [2.05, 4.69) is 15.0 Å². The Hall–Kier alpha value is -2.04. The van der Waals surface area contributed by atoms with Crippen LogP contribution in [0.4, 0.5) is 10.5 Å². The number of alkyl carbamates (subject to hydrolysis) is 1. The lowest BCUT2D eigenvalue weighted by molar-refractivity contribution is 0.101. The summed E-state index contributed by atoms with van der Waals surface area (Å²) in [5.41, 5.74) is 1.78. The number of hydrogen-bond donors (Lipinski definition) is 1. The average Bonchev–Trinajstić information content (AvgIpc) is 2.87. The fourth-order valence-electron chi connectivity index (χ4n) is 2.25. The summed E-state index contributed by atoms with van der Waals surface area (Å²) in [6, 6.07) is 7.66. The van der Waals surface area contributed by atoms with Crippen LogP contribution < -0.4 is 10.2 Å². The molecule has 102 valence electrons. The highest BCUT2D eigenvalue weighted by atomic mass is 16.5. The number of ketones is 1. The van der Waals surface area contributed by atoms with E-state index in [1.165, 1.54) is 7.11 Å². The van der Waals surface area contributed by atoms with Gasteiger partial charge in [-0.15, -0.1) is 0 Å². The van der Waals surface area contributed by atoms with Crippen molar-refractivity contribution in [1.29, 1.82) is 0 Å². The zero-order valence-corrected chi connectivity index (χ0v) is 11.2. The highest BCUT2D eigenvalue weighted by molar-refractivity contribution is 5.94. The third kappa shape index (κ3) is 3.24. The van der Waals surface area contributed by atoms with Crippen LogP contribution in [0.15, 0.2) is 24.3 Å². The van der Waals surface area contributed by atoms with Gasteiger partial charge in [-0.2, -0.15) is 0 Å². The minimum absolute atomic E-state index is 0.0678. The number of nitrogens with zero attached hydrogens (tertiary/aromatic N) is 1. The van der Waals surface area contributed by atoms with E-state index in [0.717, 1.165) is 25.2 Å². The van der Waals surface area contributed by atoms with Crippen LogP contribution in [0.2, 0.25) is 0 Å². The van der Waals surface area contributed by atoms with Gasteiger partial charge in [-0.1, -0.05) is 0 Å². The third-order valence-electron chi connectivity index (χ3n) is 3.33. The molecule has 0 aromatic heterocycles. The smallest absolute Gasteiger partial charge is 0.407 e. The Kier molecular flexibility index (Phi) is 4.04. The van der Waals surface area contributed by atoms with E-state index < -0.39 is 6.09 Å². The first-order valence-corrected chi connectivity index (χ1v) is 6.30. The lowest BCUT2D eigenvalue weighted by Crippen LogP contribution is -2.36. The summed E-state index contributed by atoms with van der Waals surface area (Å²) in [7, 11) is 1.36. The summed E-state index contributed by atoms with van der Waals surface area (Å²) in [6.07, 6.45) is 0.502. The number of anilines is 1. The molecule has 1 heterocycles. The van der Waals surface area contributed by atoms with Gasteiger partial charge in [0.1, 0.15) is 0 Å². The molecule has 5 nitrogen and oxygen atoms in total. The van der Waals surface area contributed by atoms with Gasteiger partial charge in [0.2, 0.25) is 0 Å². The Morgan fingerprint density at radius 1 is 1.32 bits per heavy atom. The van der Waals surface area contributed by atoms with Crippen LogP contribution >= 0.6 is 0 Å². The van der Waals surface area contributed by atoms with Gasteiger partial charge in [0.05, 0.1) is 13.2 Å². The fourth-order valence-corrected chi connectivity index (χ4v) is 2.25. The topological polar surface area (TPSA) is 58.6 Å². The molecule has 1 N–H and O–H groups in total. The number of carbonyl (C=O) groups excluding carboxylic acids is 2. The molecular weight excluding hydrogens is 244 g/mol. The predicted molar refractivity (Wildman–Crippen MR) is 72.6 cm³/mol. The molecule has 0 radical (unpaired) electrons. The molecule has 1 aromatic rings. The summed E-state index contributed by atoms with van der Waals surface area (Å²) in [5, 5.41) is 2.80. The Morgan fingerprint density at radius 2 is 2.00 bits per heavy atom. The maximum absolute atomic E-state index is 11.2. The standard InChI is InChI=1S/C14H18N2O3/c1-10(17)11-3-5-13(6-4-11)16-8-7-12(9-16)15-14(18)19-2/h3-6,12H,7-9H2,1-2H3,(H,15,18). The van der Waals surface area contributed by atoms with E-state index in [1.54, 1.807) is 6.92 Å². The van der Waals surface area contributed by atoms with Crippen LogP contribution in [0.1, 0.15) is 23.7 Å². The van der Waals surface area contributed by atoms with Crippen molar-refractivity contribution in [3.63, 3.8) is 0 Å². The number of ether oxygens (including phenoxy) is 1. The van der Waals surface area contributed by atoms with Gasteiger partial charge >= 0.3 is 6.09 Å². The van der Waals surface area contributed by atoms with Crippen LogP contribution in [0.3, 0.4) is 0 Å². The molecule has 0 bridgehead atoms. The van der Waals surface area contributed by atoms with Gasteiger partial charge in [-0.3, -0.25) is 4.79 Å². The minimum atomic E-state index is -0.390. The van der Waals surface area contributed by atoms with Gasteiger partial charge in [0.15, 0.2) is 5.78 Å². The summed E-state index contributed by atoms with van der Waals surface area (Å²) in [5.74, 6) is 0.0678. The van der Waals surface area contributed by atoms with Crippen molar-refractivity contribution in [2.24, 2.45) is 0 Å². The maximum atomic E-state index is 11.2. The summed E-state index contributed by atoms with van der Waals surface area (Å²) in [4.78, 5) is 24.5. The quantitative estimate of drug-likeness (QED) is 0.844. The highest BCUT2D eigenvalue weighted by Crippen LogP contribution is 2.21. The molecule has 1 saturated heterocycles. The molecule has 19 heavy (non-hydrogen) atoms. The molecule has 1 aliphatic heterocycles. The van der Waals surface area contributed by atoms with Crippen molar-refractivity contribution in [1.82, 2.24) is 5.32 Å². The molecule has 1 aliphatic rings. The molecule has 0 spiro atoms. The minimum Gasteiger partial charge on any atom is -0.453 e. The fraction of sp³-hybridized carbons (Fsp3) is 0.429. The second-order valence-corrected chi connectivity index (χ2v) is 4.67. The van der Waals surface area contributed by atoms with Gasteiger partial charge < -0.3 is 15.0 Å². The molecule has 1 fully saturated rings. The molecule has 1 amide bonds. The number of hydrogen-bond acceptors (Lipinski definition) is 4. The van der Waals surface area contributed by atoms with E-state index in [4.69, 9.17) is 0 Å². The van der Waals surface area contributed by atoms with E-state index in [9.17, 15) is 9.59 Å². The van der Waals surface area contributed by atoms with E-state index in [-0.39, 0.29) is 11.8 Å². The Labute approximate surface area is 112 Å². The highest BCUT2D eigenvalue weighted by Gasteiger charge is 2.24. The molecule has 0 aliphatic carbocycles. The number of amides is 1. The molecule has 0 saturated carbocycles. The predicted octanol–water partition coefficient (Wildman–Crippen LogP) is 1.82. The van der Waals surface area contributed by atoms with Crippen LogP contribution in [-0.4, -0.2) is 38.1 Å². The first kappa shape index (κ1) is 13.4. The van der Waals surface area contributed by atoms with Crippen molar-refractivity contribution >= 4 is 17.6 Å². The number of carbonyl (C=O) groups is 2. The van der Waals surface area contributed by atoms with E-state index in [1.807, 2.05) is 24.3 Å². The Morgan fingerprint density at radius 3 is 2.58 bits per heavy atom. The Bertz CT molecular complexity index is 470. The number of nitrogens with one attached hydrogen (secondary N) is 1. The van der Waals surface area contributed by atoms with Gasteiger partial charge in [-0.25, -0.2) is 4.79 Å². The molecule has 2 rings (SSSR count). The largest absolute Gasteiger partial charge is 0.453 e.